The Labute approximate surface area is 125 Å². The van der Waals surface area contributed by atoms with Gasteiger partial charge in [0.2, 0.25) is 0 Å². The molecule has 2 heteroatoms. The average molecular weight is 276 g/mol. The van der Waals surface area contributed by atoms with E-state index in [0.717, 1.165) is 28.7 Å². The maximum absolute atomic E-state index is 4.77. The Morgan fingerprint density at radius 3 is 2.81 bits per heavy atom. The van der Waals surface area contributed by atoms with Crippen LogP contribution >= 0.6 is 0 Å². The van der Waals surface area contributed by atoms with Crippen molar-refractivity contribution in [3.05, 3.63) is 66.5 Å². The van der Waals surface area contributed by atoms with E-state index in [2.05, 4.69) is 72.2 Å². The maximum atomic E-state index is 4.77. The zero-order valence-corrected chi connectivity index (χ0v) is 12.4. The molecule has 0 N–H and O–H groups in total. The summed E-state index contributed by atoms with van der Waals surface area (Å²) in [4.78, 5) is 4.77. The van der Waals surface area contributed by atoms with Gasteiger partial charge in [-0.3, -0.25) is 0 Å². The summed E-state index contributed by atoms with van der Waals surface area (Å²) in [5.41, 5.74) is 4.33. The summed E-state index contributed by atoms with van der Waals surface area (Å²) in [5, 5.41) is 0. The standard InChI is InChI=1S/C19H20N2/c1-2-3-4-5-6-7-11-16-19-14-10-15-21(19)18-13-9-8-12-17(18)20-16/h5-15H,2-4H2,1H3/b6-5+,11-7+. The third-order valence-corrected chi connectivity index (χ3v) is 3.62. The Bertz CT molecular complexity index is 794. The lowest BCUT2D eigenvalue weighted by Gasteiger charge is -2.05. The van der Waals surface area contributed by atoms with Gasteiger partial charge in [0, 0.05) is 6.20 Å². The normalized spacial score (nSPS) is 12.2. The predicted octanol–water partition coefficient (Wildman–Crippen LogP) is 5.25. The smallest absolute Gasteiger partial charge is 0.0878 e. The summed E-state index contributed by atoms with van der Waals surface area (Å²) >= 11 is 0. The molecule has 0 amide bonds. The molecular formula is C19H20N2. The van der Waals surface area contributed by atoms with Gasteiger partial charge in [0.25, 0.3) is 0 Å². The molecule has 2 aromatic heterocycles. The van der Waals surface area contributed by atoms with E-state index in [0.29, 0.717) is 0 Å². The highest BCUT2D eigenvalue weighted by Gasteiger charge is 2.04. The summed E-state index contributed by atoms with van der Waals surface area (Å²) < 4.78 is 2.20. The molecule has 106 valence electrons. The zero-order chi connectivity index (χ0) is 14.5. The van der Waals surface area contributed by atoms with Crippen LogP contribution in [0.15, 0.2) is 60.8 Å². The molecule has 0 unspecified atom stereocenters. The van der Waals surface area contributed by atoms with Gasteiger partial charge in [-0.1, -0.05) is 50.1 Å². The van der Waals surface area contributed by atoms with Crippen molar-refractivity contribution < 1.29 is 0 Å². The number of hydrogen-bond donors (Lipinski definition) is 0. The molecule has 2 heterocycles. The molecule has 3 rings (SSSR count). The lowest BCUT2D eigenvalue weighted by atomic mass is 10.2. The topological polar surface area (TPSA) is 17.3 Å². The molecular weight excluding hydrogens is 256 g/mol. The molecule has 0 atom stereocenters. The van der Waals surface area contributed by atoms with E-state index in [1.165, 1.54) is 12.8 Å². The highest BCUT2D eigenvalue weighted by atomic mass is 14.9. The Morgan fingerprint density at radius 2 is 1.90 bits per heavy atom. The number of allylic oxidation sites excluding steroid dienone is 3. The van der Waals surface area contributed by atoms with Crippen molar-refractivity contribution in [2.24, 2.45) is 0 Å². The van der Waals surface area contributed by atoms with E-state index >= 15 is 0 Å². The quantitative estimate of drug-likeness (QED) is 0.459. The fraction of sp³-hybridized carbons (Fsp3) is 0.211. The summed E-state index contributed by atoms with van der Waals surface area (Å²) in [5.74, 6) is 0. The average Bonchev–Trinajstić information content (AvgIpc) is 3.00. The van der Waals surface area contributed by atoms with Crippen LogP contribution in [-0.4, -0.2) is 9.38 Å². The van der Waals surface area contributed by atoms with Gasteiger partial charge in [-0.05, 0) is 36.8 Å². The van der Waals surface area contributed by atoms with E-state index in [1.54, 1.807) is 0 Å². The van der Waals surface area contributed by atoms with Crippen molar-refractivity contribution >= 4 is 22.6 Å². The largest absolute Gasteiger partial charge is 0.313 e. The van der Waals surface area contributed by atoms with Gasteiger partial charge in [0.15, 0.2) is 0 Å². The molecule has 0 aliphatic heterocycles. The monoisotopic (exact) mass is 276 g/mol. The Kier molecular flexibility index (Phi) is 4.15. The van der Waals surface area contributed by atoms with Gasteiger partial charge in [0.05, 0.1) is 22.2 Å². The van der Waals surface area contributed by atoms with Gasteiger partial charge in [0.1, 0.15) is 0 Å². The van der Waals surface area contributed by atoms with E-state index in [-0.39, 0.29) is 0 Å². The van der Waals surface area contributed by atoms with Crippen molar-refractivity contribution in [3.63, 3.8) is 0 Å². The fourth-order valence-corrected chi connectivity index (χ4v) is 2.52. The van der Waals surface area contributed by atoms with Crippen molar-refractivity contribution in [3.8, 4) is 0 Å². The van der Waals surface area contributed by atoms with Crippen LogP contribution in [0.5, 0.6) is 0 Å². The molecule has 0 aliphatic carbocycles. The molecule has 0 radical (unpaired) electrons. The number of fused-ring (bicyclic) bond motifs is 3. The number of hydrogen-bond acceptors (Lipinski definition) is 1. The first kappa shape index (κ1) is 13.6. The Balaban J connectivity index is 1.95. The third kappa shape index (κ3) is 2.89. The van der Waals surface area contributed by atoms with Crippen LogP contribution in [0.4, 0.5) is 0 Å². The van der Waals surface area contributed by atoms with Crippen LogP contribution in [0.25, 0.3) is 22.6 Å². The molecule has 0 saturated heterocycles. The summed E-state index contributed by atoms with van der Waals surface area (Å²) in [6.07, 6.45) is 14.2. The lowest BCUT2D eigenvalue weighted by molar-refractivity contribution is 0.815. The third-order valence-electron chi connectivity index (χ3n) is 3.62. The van der Waals surface area contributed by atoms with Crippen LogP contribution in [0, 0.1) is 0 Å². The van der Waals surface area contributed by atoms with Crippen LogP contribution < -0.4 is 0 Å². The van der Waals surface area contributed by atoms with Crippen LogP contribution in [-0.2, 0) is 0 Å². The summed E-state index contributed by atoms with van der Waals surface area (Å²) in [7, 11) is 0. The number of aromatic nitrogens is 2. The van der Waals surface area contributed by atoms with Crippen molar-refractivity contribution in [1.82, 2.24) is 9.38 Å². The minimum atomic E-state index is 1.01. The van der Waals surface area contributed by atoms with Gasteiger partial charge in [-0.25, -0.2) is 4.98 Å². The van der Waals surface area contributed by atoms with Crippen LogP contribution in [0.1, 0.15) is 31.9 Å². The summed E-state index contributed by atoms with van der Waals surface area (Å²) in [6.45, 7) is 2.21. The number of unbranched alkanes of at least 4 members (excludes halogenated alkanes) is 2. The number of benzene rings is 1. The van der Waals surface area contributed by atoms with Crippen molar-refractivity contribution in [2.45, 2.75) is 26.2 Å². The van der Waals surface area contributed by atoms with E-state index in [1.807, 2.05) is 6.07 Å². The van der Waals surface area contributed by atoms with Gasteiger partial charge >= 0.3 is 0 Å². The summed E-state index contributed by atoms with van der Waals surface area (Å²) in [6, 6.07) is 12.4. The first-order valence-corrected chi connectivity index (χ1v) is 7.59. The van der Waals surface area contributed by atoms with Crippen LogP contribution in [0.3, 0.4) is 0 Å². The molecule has 1 aromatic carbocycles. The van der Waals surface area contributed by atoms with Gasteiger partial charge in [-0.15, -0.1) is 0 Å². The van der Waals surface area contributed by atoms with Crippen LogP contribution in [0.2, 0.25) is 0 Å². The number of nitrogens with zero attached hydrogens (tertiary/aromatic N) is 2. The Hall–Kier alpha value is -2.35. The lowest BCUT2D eigenvalue weighted by Crippen LogP contribution is -1.93. The second-order valence-electron chi connectivity index (χ2n) is 5.18. The molecule has 21 heavy (non-hydrogen) atoms. The molecule has 0 saturated carbocycles. The van der Waals surface area contributed by atoms with E-state index in [4.69, 9.17) is 4.98 Å². The predicted molar refractivity (Wildman–Crippen MR) is 90.4 cm³/mol. The maximum Gasteiger partial charge on any atom is 0.0878 e. The highest BCUT2D eigenvalue weighted by Crippen LogP contribution is 2.19. The first-order chi connectivity index (χ1) is 10.4. The first-order valence-electron chi connectivity index (χ1n) is 7.59. The number of para-hydroxylation sites is 2. The SMILES string of the molecule is CCCC/C=C/C=C/c1nc2ccccc2n2cccc12. The minimum absolute atomic E-state index is 1.01. The molecule has 2 nitrogen and oxygen atoms in total. The zero-order valence-electron chi connectivity index (χ0n) is 12.4. The highest BCUT2D eigenvalue weighted by molar-refractivity contribution is 5.82. The molecule has 0 fully saturated rings. The van der Waals surface area contributed by atoms with Gasteiger partial charge in [-0.2, -0.15) is 0 Å². The van der Waals surface area contributed by atoms with E-state index < -0.39 is 0 Å². The van der Waals surface area contributed by atoms with Gasteiger partial charge < -0.3 is 4.40 Å². The molecule has 0 aliphatic rings. The second-order valence-corrected chi connectivity index (χ2v) is 5.18. The van der Waals surface area contributed by atoms with Crippen molar-refractivity contribution in [1.29, 1.82) is 0 Å². The molecule has 0 bridgehead atoms. The molecule has 3 aromatic rings. The fourth-order valence-electron chi connectivity index (χ4n) is 2.52. The minimum Gasteiger partial charge on any atom is -0.313 e. The second kappa shape index (κ2) is 6.40. The Morgan fingerprint density at radius 1 is 1.05 bits per heavy atom. The van der Waals surface area contributed by atoms with E-state index in [9.17, 15) is 0 Å². The molecule has 0 spiro atoms. The number of rotatable bonds is 5. The van der Waals surface area contributed by atoms with Crippen molar-refractivity contribution in [2.75, 3.05) is 0 Å².